The van der Waals surface area contributed by atoms with Crippen LogP contribution in [0.1, 0.15) is 66.5 Å². The number of nitrogens with zero attached hydrogens (tertiary/aromatic N) is 2. The number of aromatic nitrogens is 2. The lowest BCUT2D eigenvalue weighted by Gasteiger charge is -2.21. The monoisotopic (exact) mass is 435 g/mol. The van der Waals surface area contributed by atoms with Crippen LogP contribution in [-0.2, 0) is 46.4 Å². The summed E-state index contributed by atoms with van der Waals surface area (Å²) in [6.45, 7) is 0. The van der Waals surface area contributed by atoms with E-state index in [1.807, 2.05) is 0 Å². The second kappa shape index (κ2) is 9.27. The zero-order valence-corrected chi connectivity index (χ0v) is 18.3. The Balaban J connectivity index is 1.33. The Morgan fingerprint density at radius 1 is 1.00 bits per heavy atom. The minimum atomic E-state index is -1.06. The van der Waals surface area contributed by atoms with Gasteiger partial charge in [-0.3, -0.25) is 15.3 Å². The average molecular weight is 436 g/mol. The van der Waals surface area contributed by atoms with Gasteiger partial charge in [-0.25, -0.2) is 9.59 Å². The topological polar surface area (TPSA) is 90.4 Å². The molecule has 0 unspecified atom stereocenters. The largest absolute Gasteiger partial charge is 0.460 e. The number of esters is 1. The van der Waals surface area contributed by atoms with Crippen LogP contribution in [0.2, 0.25) is 0 Å². The Kier molecular flexibility index (Phi) is 6.06. The first-order valence-corrected chi connectivity index (χ1v) is 11.8. The molecule has 1 saturated carbocycles. The molecule has 0 aliphatic heterocycles. The summed E-state index contributed by atoms with van der Waals surface area (Å²) in [6.07, 6.45) is 13.1. The summed E-state index contributed by atoms with van der Waals surface area (Å²) in [7, 11) is 0. The predicted molar refractivity (Wildman–Crippen MR) is 118 cm³/mol. The van der Waals surface area contributed by atoms with Gasteiger partial charge >= 0.3 is 12.1 Å². The minimum Gasteiger partial charge on any atom is -0.460 e. The van der Waals surface area contributed by atoms with Crippen molar-refractivity contribution in [3.05, 3.63) is 52.6 Å². The number of carbonyl (C=O) groups excluding carboxylic acids is 2. The van der Waals surface area contributed by atoms with Gasteiger partial charge in [0.2, 0.25) is 6.10 Å². The highest BCUT2D eigenvalue weighted by Crippen LogP contribution is 2.38. The van der Waals surface area contributed by atoms with Crippen molar-refractivity contribution in [3.8, 4) is 0 Å². The number of benzene rings is 1. The molecular formula is C25H29N3O4. The number of nitrogens with one attached hydrogen (secondary N) is 1. The van der Waals surface area contributed by atoms with Crippen LogP contribution in [0.5, 0.6) is 0 Å². The molecule has 0 bridgehead atoms. The third-order valence-corrected chi connectivity index (χ3v) is 6.81. The van der Waals surface area contributed by atoms with Crippen molar-refractivity contribution in [1.29, 1.82) is 0 Å². The lowest BCUT2D eigenvalue weighted by Crippen LogP contribution is -2.35. The van der Waals surface area contributed by atoms with Gasteiger partial charge in [0.25, 0.3) is 0 Å². The van der Waals surface area contributed by atoms with Crippen LogP contribution in [0.25, 0.3) is 0 Å². The fraction of sp³-hybridized carbons (Fsp3) is 0.520. The van der Waals surface area contributed by atoms with Gasteiger partial charge in [-0.15, -0.1) is 0 Å². The molecule has 3 aliphatic rings. The van der Waals surface area contributed by atoms with Crippen LogP contribution in [0.3, 0.4) is 0 Å². The quantitative estimate of drug-likeness (QED) is 0.687. The van der Waals surface area contributed by atoms with Crippen LogP contribution in [0.15, 0.2) is 24.7 Å². The summed E-state index contributed by atoms with van der Waals surface area (Å²) < 4.78 is 11.3. The number of carbonyl (C=O) groups is 2. The summed E-state index contributed by atoms with van der Waals surface area (Å²) in [5.74, 6) is -0.513. The summed E-state index contributed by atoms with van der Waals surface area (Å²) in [6, 6.07) is 2.32. The fourth-order valence-electron chi connectivity index (χ4n) is 5.27. The zero-order valence-electron chi connectivity index (χ0n) is 18.3. The molecule has 168 valence electrons. The highest BCUT2D eigenvalue weighted by atomic mass is 16.6. The maximum atomic E-state index is 13.0. The Labute approximate surface area is 187 Å². The second-order valence-corrected chi connectivity index (χ2v) is 9.00. The summed E-state index contributed by atoms with van der Waals surface area (Å²) in [5.41, 5.74) is 6.59. The van der Waals surface area contributed by atoms with Gasteiger partial charge in [0.05, 0.1) is 11.4 Å². The normalized spacial score (nSPS) is 18.1. The molecule has 2 aromatic rings. The Morgan fingerprint density at radius 2 is 1.72 bits per heavy atom. The molecule has 1 fully saturated rings. The standard InChI is InChI=1S/C25H29N3O4/c29-24(31-19-7-1-2-8-19)22(14-18-15-26-11-12-27-18)32-25(30)28-23-20-9-3-5-16(20)13-17-6-4-10-21(17)23/h11-13,15,19,22H,1-10,14H2,(H,28,30)/t22-/m1/s1. The molecule has 1 heterocycles. The van der Waals surface area contributed by atoms with E-state index in [-0.39, 0.29) is 12.5 Å². The molecule has 1 atom stereocenters. The van der Waals surface area contributed by atoms with E-state index < -0.39 is 18.2 Å². The van der Waals surface area contributed by atoms with E-state index in [1.165, 1.54) is 22.3 Å². The third-order valence-electron chi connectivity index (χ3n) is 6.81. The van der Waals surface area contributed by atoms with Crippen molar-refractivity contribution < 1.29 is 19.1 Å². The van der Waals surface area contributed by atoms with Crippen LogP contribution < -0.4 is 5.32 Å². The molecule has 7 nitrogen and oxygen atoms in total. The first-order chi connectivity index (χ1) is 15.7. The maximum absolute atomic E-state index is 13.0. The van der Waals surface area contributed by atoms with Crippen LogP contribution in [0, 0.1) is 0 Å². The van der Waals surface area contributed by atoms with E-state index in [2.05, 4.69) is 21.4 Å². The lowest BCUT2D eigenvalue weighted by molar-refractivity contribution is -0.158. The molecule has 0 radical (unpaired) electrons. The van der Waals surface area contributed by atoms with E-state index in [1.54, 1.807) is 18.6 Å². The Morgan fingerprint density at radius 3 is 2.38 bits per heavy atom. The first kappa shape index (κ1) is 20.9. The van der Waals surface area contributed by atoms with Gasteiger partial charge < -0.3 is 9.47 Å². The number of ether oxygens (including phenoxy) is 2. The molecule has 7 heteroatoms. The number of rotatable bonds is 6. The zero-order chi connectivity index (χ0) is 21.9. The minimum absolute atomic E-state index is 0.0980. The van der Waals surface area contributed by atoms with Crippen molar-refractivity contribution in [2.75, 3.05) is 5.32 Å². The Hall–Kier alpha value is -2.96. The van der Waals surface area contributed by atoms with Gasteiger partial charge in [0, 0.05) is 25.0 Å². The van der Waals surface area contributed by atoms with Gasteiger partial charge in [0.15, 0.2) is 0 Å². The van der Waals surface area contributed by atoms with Gasteiger partial charge in [-0.1, -0.05) is 6.07 Å². The van der Waals surface area contributed by atoms with Crippen LogP contribution in [-0.4, -0.2) is 34.2 Å². The smallest absolute Gasteiger partial charge is 0.412 e. The van der Waals surface area contributed by atoms with Crippen molar-refractivity contribution in [2.24, 2.45) is 0 Å². The number of hydrogen-bond acceptors (Lipinski definition) is 6. The van der Waals surface area contributed by atoms with E-state index >= 15 is 0 Å². The molecule has 3 aliphatic carbocycles. The molecule has 0 spiro atoms. The lowest BCUT2D eigenvalue weighted by atomic mass is 9.99. The fourth-order valence-corrected chi connectivity index (χ4v) is 5.27. The Bertz CT molecular complexity index is 970. The van der Waals surface area contributed by atoms with E-state index in [0.717, 1.165) is 69.9 Å². The SMILES string of the molecule is O=C(Nc1c2c(cc3c1CCC3)CCC2)O[C@H](Cc1cnccn1)C(=O)OC1CCCC1. The number of fused-ring (bicyclic) bond motifs is 2. The van der Waals surface area contributed by atoms with Gasteiger partial charge in [-0.2, -0.15) is 0 Å². The molecule has 1 N–H and O–H groups in total. The first-order valence-electron chi connectivity index (χ1n) is 11.8. The maximum Gasteiger partial charge on any atom is 0.412 e. The summed E-state index contributed by atoms with van der Waals surface area (Å²) in [4.78, 5) is 34.2. The van der Waals surface area contributed by atoms with Gasteiger partial charge in [-0.05, 0) is 86.5 Å². The number of amides is 1. The molecule has 32 heavy (non-hydrogen) atoms. The van der Waals surface area contributed by atoms with Crippen molar-refractivity contribution in [1.82, 2.24) is 9.97 Å². The second-order valence-electron chi connectivity index (χ2n) is 9.00. The molecule has 5 rings (SSSR count). The molecule has 0 saturated heterocycles. The molecular weight excluding hydrogens is 406 g/mol. The number of aryl methyl sites for hydroxylation is 2. The summed E-state index contributed by atoms with van der Waals surface area (Å²) >= 11 is 0. The van der Waals surface area contributed by atoms with Gasteiger partial charge in [0.1, 0.15) is 6.10 Å². The van der Waals surface area contributed by atoms with Crippen molar-refractivity contribution >= 4 is 17.7 Å². The van der Waals surface area contributed by atoms with Crippen molar-refractivity contribution in [2.45, 2.75) is 82.8 Å². The average Bonchev–Trinajstić information content (AvgIpc) is 3.55. The highest BCUT2D eigenvalue weighted by molar-refractivity contribution is 5.90. The third kappa shape index (κ3) is 4.47. The van der Waals surface area contributed by atoms with Crippen molar-refractivity contribution in [3.63, 3.8) is 0 Å². The van der Waals surface area contributed by atoms with E-state index in [4.69, 9.17) is 9.47 Å². The van der Waals surface area contributed by atoms with E-state index in [9.17, 15) is 9.59 Å². The van der Waals surface area contributed by atoms with E-state index in [0.29, 0.717) is 5.69 Å². The molecule has 1 aromatic carbocycles. The predicted octanol–water partition coefficient (Wildman–Crippen LogP) is 4.10. The molecule has 1 amide bonds. The number of hydrogen-bond donors (Lipinski definition) is 1. The summed E-state index contributed by atoms with van der Waals surface area (Å²) in [5, 5.41) is 3.00. The van der Waals surface area contributed by atoms with Crippen LogP contribution in [0.4, 0.5) is 10.5 Å². The number of anilines is 1. The van der Waals surface area contributed by atoms with Crippen LogP contribution >= 0.6 is 0 Å². The highest BCUT2D eigenvalue weighted by Gasteiger charge is 2.31. The molecule has 1 aromatic heterocycles.